The Kier molecular flexibility index (Phi) is 7.57. The van der Waals surface area contributed by atoms with E-state index < -0.39 is 12.0 Å². The van der Waals surface area contributed by atoms with Crippen LogP contribution < -0.4 is 16.8 Å². The number of aliphatic carboxylic acids is 1. The lowest BCUT2D eigenvalue weighted by Crippen LogP contribution is -2.31. The average Bonchev–Trinajstić information content (AvgIpc) is 2.10. The van der Waals surface area contributed by atoms with Gasteiger partial charge >= 0.3 is 5.97 Å². The van der Waals surface area contributed by atoms with Crippen LogP contribution in [0.25, 0.3) is 0 Å². The van der Waals surface area contributed by atoms with Gasteiger partial charge < -0.3 is 21.9 Å². The van der Waals surface area contributed by atoms with Gasteiger partial charge in [-0.15, -0.1) is 0 Å². The summed E-state index contributed by atoms with van der Waals surface area (Å²) in [5.41, 5.74) is 10.6. The van der Waals surface area contributed by atoms with Gasteiger partial charge in [0.15, 0.2) is 0 Å². The van der Waals surface area contributed by atoms with E-state index in [-0.39, 0.29) is 0 Å². The molecule has 78 valence electrons. The van der Waals surface area contributed by atoms with Crippen molar-refractivity contribution in [2.24, 2.45) is 11.5 Å². The summed E-state index contributed by atoms with van der Waals surface area (Å²) in [5, 5.41) is 11.6. The highest BCUT2D eigenvalue weighted by molar-refractivity contribution is 5.72. The molecule has 0 amide bonds. The summed E-state index contributed by atoms with van der Waals surface area (Å²) in [6.45, 7) is 2.38. The van der Waals surface area contributed by atoms with Crippen molar-refractivity contribution in [1.82, 2.24) is 5.32 Å². The van der Waals surface area contributed by atoms with Gasteiger partial charge in [-0.1, -0.05) is 0 Å². The van der Waals surface area contributed by atoms with Crippen LogP contribution in [0, 0.1) is 0 Å². The summed E-state index contributed by atoms with van der Waals surface area (Å²) in [5.74, 6) is -0.929. The molecule has 0 aliphatic heterocycles. The third-order valence-electron chi connectivity index (χ3n) is 1.74. The highest BCUT2D eigenvalue weighted by Crippen LogP contribution is 1.92. The Morgan fingerprint density at radius 3 is 2.54 bits per heavy atom. The van der Waals surface area contributed by atoms with E-state index in [1.54, 1.807) is 0 Å². The summed E-state index contributed by atoms with van der Waals surface area (Å²) >= 11 is 0. The lowest BCUT2D eigenvalue weighted by atomic mass is 10.2. The zero-order chi connectivity index (χ0) is 10.1. The maximum atomic E-state index is 10.3. The molecule has 6 N–H and O–H groups in total. The van der Waals surface area contributed by atoms with E-state index in [0.29, 0.717) is 13.0 Å². The van der Waals surface area contributed by atoms with Crippen LogP contribution >= 0.6 is 0 Å². The van der Waals surface area contributed by atoms with E-state index in [0.717, 1.165) is 25.9 Å². The quantitative estimate of drug-likeness (QED) is 0.371. The first-order valence-corrected chi connectivity index (χ1v) is 4.57. The minimum Gasteiger partial charge on any atom is -0.480 e. The summed E-state index contributed by atoms with van der Waals surface area (Å²) in [7, 11) is 0. The van der Waals surface area contributed by atoms with E-state index in [9.17, 15) is 4.79 Å². The normalized spacial score (nSPS) is 12.8. The molecular weight excluding hydrogens is 170 g/mol. The van der Waals surface area contributed by atoms with Crippen molar-refractivity contribution in [3.05, 3.63) is 0 Å². The molecule has 0 aliphatic carbocycles. The maximum absolute atomic E-state index is 10.3. The summed E-state index contributed by atoms with van der Waals surface area (Å²) in [4.78, 5) is 10.3. The summed E-state index contributed by atoms with van der Waals surface area (Å²) in [6, 6.07) is -0.726. The van der Waals surface area contributed by atoms with Gasteiger partial charge in [-0.3, -0.25) is 4.79 Å². The Morgan fingerprint density at radius 2 is 2.00 bits per heavy atom. The van der Waals surface area contributed by atoms with E-state index in [4.69, 9.17) is 16.6 Å². The molecule has 1 atom stereocenters. The largest absolute Gasteiger partial charge is 0.480 e. The van der Waals surface area contributed by atoms with E-state index in [2.05, 4.69) is 5.32 Å². The van der Waals surface area contributed by atoms with Crippen molar-refractivity contribution in [2.45, 2.75) is 25.3 Å². The molecule has 0 rings (SSSR count). The molecule has 13 heavy (non-hydrogen) atoms. The Morgan fingerprint density at radius 1 is 1.38 bits per heavy atom. The van der Waals surface area contributed by atoms with Crippen LogP contribution in [0.15, 0.2) is 0 Å². The predicted molar refractivity (Wildman–Crippen MR) is 51.4 cm³/mol. The number of nitrogens with two attached hydrogens (primary N) is 2. The molecule has 5 heteroatoms. The van der Waals surface area contributed by atoms with E-state index >= 15 is 0 Å². The van der Waals surface area contributed by atoms with Crippen LogP contribution in [-0.4, -0.2) is 36.8 Å². The molecule has 0 saturated heterocycles. The molecule has 0 aromatic heterocycles. The number of hydrogen-bond acceptors (Lipinski definition) is 4. The first kappa shape index (κ1) is 12.3. The Balaban J connectivity index is 3.11. The zero-order valence-electron chi connectivity index (χ0n) is 7.83. The van der Waals surface area contributed by atoms with Crippen molar-refractivity contribution in [1.29, 1.82) is 0 Å². The van der Waals surface area contributed by atoms with Gasteiger partial charge in [0.2, 0.25) is 0 Å². The fourth-order valence-electron chi connectivity index (χ4n) is 0.923. The third kappa shape index (κ3) is 7.70. The number of carboxylic acid groups (broad SMARTS) is 1. The van der Waals surface area contributed by atoms with Gasteiger partial charge in [0, 0.05) is 0 Å². The first-order valence-electron chi connectivity index (χ1n) is 4.57. The van der Waals surface area contributed by atoms with Crippen molar-refractivity contribution in [2.75, 3.05) is 19.6 Å². The summed E-state index contributed by atoms with van der Waals surface area (Å²) < 4.78 is 0. The average molecular weight is 189 g/mol. The number of hydrogen-bond donors (Lipinski definition) is 4. The smallest absolute Gasteiger partial charge is 0.320 e. The predicted octanol–water partition coefficient (Wildman–Crippen LogP) is -0.883. The minimum atomic E-state index is -0.929. The highest BCUT2D eigenvalue weighted by Gasteiger charge is 2.09. The number of carbonyl (C=O) groups is 1. The molecule has 0 heterocycles. The number of carboxylic acids is 1. The molecule has 0 aromatic carbocycles. The van der Waals surface area contributed by atoms with Crippen LogP contribution in [0.4, 0.5) is 0 Å². The lowest BCUT2D eigenvalue weighted by Gasteiger charge is -2.06. The number of rotatable bonds is 8. The Hall–Kier alpha value is -0.650. The third-order valence-corrected chi connectivity index (χ3v) is 1.74. The highest BCUT2D eigenvalue weighted by atomic mass is 16.4. The van der Waals surface area contributed by atoms with Crippen LogP contribution in [0.1, 0.15) is 19.3 Å². The van der Waals surface area contributed by atoms with E-state index in [1.807, 2.05) is 0 Å². The Labute approximate surface area is 78.5 Å². The molecule has 0 fully saturated rings. The van der Waals surface area contributed by atoms with Crippen LogP contribution in [0.2, 0.25) is 0 Å². The van der Waals surface area contributed by atoms with Crippen molar-refractivity contribution < 1.29 is 9.90 Å². The van der Waals surface area contributed by atoms with Crippen LogP contribution in [0.3, 0.4) is 0 Å². The lowest BCUT2D eigenvalue weighted by molar-refractivity contribution is -0.138. The first-order chi connectivity index (χ1) is 6.18. The SMILES string of the molecule is NCCCNCCC[C@H](N)C(=O)O. The van der Waals surface area contributed by atoms with Gasteiger partial charge in [0.25, 0.3) is 0 Å². The molecular formula is C8H19N3O2. The molecule has 0 aliphatic rings. The van der Waals surface area contributed by atoms with Gasteiger partial charge in [-0.25, -0.2) is 0 Å². The standard InChI is InChI=1S/C8H19N3O2/c9-4-2-6-11-5-1-3-7(10)8(12)13/h7,11H,1-6,9-10H2,(H,12,13)/t7-/m0/s1. The molecule has 0 unspecified atom stereocenters. The van der Waals surface area contributed by atoms with Gasteiger partial charge in [0.1, 0.15) is 6.04 Å². The molecule has 5 nitrogen and oxygen atoms in total. The molecule has 0 aromatic rings. The topological polar surface area (TPSA) is 101 Å². The van der Waals surface area contributed by atoms with Gasteiger partial charge in [-0.05, 0) is 38.9 Å². The second kappa shape index (κ2) is 7.97. The second-order valence-corrected chi connectivity index (χ2v) is 2.98. The maximum Gasteiger partial charge on any atom is 0.320 e. The van der Waals surface area contributed by atoms with Gasteiger partial charge in [-0.2, -0.15) is 0 Å². The zero-order valence-corrected chi connectivity index (χ0v) is 7.83. The van der Waals surface area contributed by atoms with Crippen LogP contribution in [0.5, 0.6) is 0 Å². The molecule has 0 bridgehead atoms. The fourth-order valence-corrected chi connectivity index (χ4v) is 0.923. The van der Waals surface area contributed by atoms with Crippen molar-refractivity contribution in [3.8, 4) is 0 Å². The van der Waals surface area contributed by atoms with E-state index in [1.165, 1.54) is 0 Å². The van der Waals surface area contributed by atoms with Crippen molar-refractivity contribution in [3.63, 3.8) is 0 Å². The van der Waals surface area contributed by atoms with Crippen LogP contribution in [-0.2, 0) is 4.79 Å². The Bertz CT molecular complexity index is 141. The number of nitrogens with one attached hydrogen (secondary N) is 1. The monoisotopic (exact) mass is 189 g/mol. The van der Waals surface area contributed by atoms with Gasteiger partial charge in [0.05, 0.1) is 0 Å². The molecule has 0 saturated carbocycles. The minimum absolute atomic E-state index is 0.519. The second-order valence-electron chi connectivity index (χ2n) is 2.98. The molecule has 0 radical (unpaired) electrons. The summed E-state index contributed by atoms with van der Waals surface area (Å²) in [6.07, 6.45) is 2.26. The van der Waals surface area contributed by atoms with Crippen molar-refractivity contribution >= 4 is 5.97 Å². The molecule has 0 spiro atoms. The fraction of sp³-hybridized carbons (Fsp3) is 0.875.